The maximum absolute atomic E-state index is 12.9. The highest BCUT2D eigenvalue weighted by atomic mass is 16.3. The van der Waals surface area contributed by atoms with Gasteiger partial charge in [0.05, 0.1) is 29.7 Å². The molecule has 1 fully saturated rings. The smallest absolute Gasteiger partial charge is 0.254 e. The van der Waals surface area contributed by atoms with Gasteiger partial charge in [0, 0.05) is 30.5 Å². The zero-order valence-electron chi connectivity index (χ0n) is 14.7. The number of benzene rings is 1. The van der Waals surface area contributed by atoms with E-state index >= 15 is 0 Å². The SMILES string of the molecule is Cc1ncc2ccccc2c1C(=O)N[C@@H]1CC(Cn2ccnc2)C[C@H]1O. The van der Waals surface area contributed by atoms with E-state index in [1.807, 2.05) is 42.0 Å². The zero-order chi connectivity index (χ0) is 18.1. The molecule has 26 heavy (non-hydrogen) atoms. The van der Waals surface area contributed by atoms with E-state index in [0.29, 0.717) is 23.6 Å². The predicted octanol–water partition coefficient (Wildman–Crippen LogP) is 2.31. The predicted molar refractivity (Wildman–Crippen MR) is 98.7 cm³/mol. The highest BCUT2D eigenvalue weighted by Gasteiger charge is 2.34. The van der Waals surface area contributed by atoms with Crippen LogP contribution in [0.25, 0.3) is 10.8 Å². The normalized spacial score (nSPS) is 22.6. The maximum Gasteiger partial charge on any atom is 0.254 e. The molecule has 2 aromatic heterocycles. The van der Waals surface area contributed by atoms with Crippen LogP contribution in [0.2, 0.25) is 0 Å². The van der Waals surface area contributed by atoms with Crippen LogP contribution in [0.4, 0.5) is 0 Å². The van der Waals surface area contributed by atoms with E-state index in [9.17, 15) is 9.90 Å². The van der Waals surface area contributed by atoms with Crippen LogP contribution in [0.3, 0.4) is 0 Å². The standard InChI is InChI=1S/C20H22N4O2/c1-13-19(16-5-3-2-4-15(16)10-22-13)20(26)23-17-8-14(9-18(17)25)11-24-7-6-21-12-24/h2-7,10,12,14,17-18,25H,8-9,11H2,1H3,(H,23,26)/t14?,17-,18-/m1/s1. The molecule has 1 aromatic carbocycles. The molecule has 0 bridgehead atoms. The Morgan fingerprint density at radius 2 is 2.19 bits per heavy atom. The third-order valence-corrected chi connectivity index (χ3v) is 5.19. The van der Waals surface area contributed by atoms with Gasteiger partial charge in [-0.1, -0.05) is 24.3 Å². The number of aliphatic hydroxyl groups is 1. The summed E-state index contributed by atoms with van der Waals surface area (Å²) in [5.41, 5.74) is 1.29. The van der Waals surface area contributed by atoms with Crippen molar-refractivity contribution in [3.8, 4) is 0 Å². The number of fused-ring (bicyclic) bond motifs is 1. The quantitative estimate of drug-likeness (QED) is 0.757. The largest absolute Gasteiger partial charge is 0.391 e. The number of imidazole rings is 1. The molecule has 6 nitrogen and oxygen atoms in total. The molecule has 2 N–H and O–H groups in total. The lowest BCUT2D eigenvalue weighted by molar-refractivity contribution is 0.0873. The fourth-order valence-corrected chi connectivity index (χ4v) is 3.91. The van der Waals surface area contributed by atoms with Gasteiger partial charge in [0.1, 0.15) is 0 Å². The molecule has 134 valence electrons. The number of amides is 1. The molecule has 1 saturated carbocycles. The number of aliphatic hydroxyl groups excluding tert-OH is 1. The van der Waals surface area contributed by atoms with Gasteiger partial charge < -0.3 is 15.0 Å². The first-order valence-electron chi connectivity index (χ1n) is 8.91. The number of pyridine rings is 1. The Morgan fingerprint density at radius 3 is 3.00 bits per heavy atom. The first kappa shape index (κ1) is 16.7. The van der Waals surface area contributed by atoms with Gasteiger partial charge in [-0.15, -0.1) is 0 Å². The molecule has 3 aromatic rings. The van der Waals surface area contributed by atoms with Gasteiger partial charge in [-0.25, -0.2) is 4.98 Å². The van der Waals surface area contributed by atoms with Gasteiger partial charge in [0.2, 0.25) is 0 Å². The van der Waals surface area contributed by atoms with Gasteiger partial charge in [-0.05, 0) is 31.1 Å². The van der Waals surface area contributed by atoms with Crippen molar-refractivity contribution in [1.29, 1.82) is 0 Å². The summed E-state index contributed by atoms with van der Waals surface area (Å²) >= 11 is 0. The minimum Gasteiger partial charge on any atom is -0.391 e. The second-order valence-corrected chi connectivity index (χ2v) is 7.05. The summed E-state index contributed by atoms with van der Waals surface area (Å²) in [7, 11) is 0. The highest BCUT2D eigenvalue weighted by molar-refractivity contribution is 6.07. The summed E-state index contributed by atoms with van der Waals surface area (Å²) in [6.07, 6.45) is 8.13. The Balaban J connectivity index is 1.51. The van der Waals surface area contributed by atoms with E-state index in [2.05, 4.69) is 15.3 Å². The third kappa shape index (κ3) is 3.20. The number of hydrogen-bond acceptors (Lipinski definition) is 4. The number of carbonyl (C=O) groups excluding carboxylic acids is 1. The van der Waals surface area contributed by atoms with Crippen molar-refractivity contribution in [1.82, 2.24) is 19.9 Å². The van der Waals surface area contributed by atoms with Gasteiger partial charge in [0.25, 0.3) is 5.91 Å². The third-order valence-electron chi connectivity index (χ3n) is 5.19. The lowest BCUT2D eigenvalue weighted by atomic mass is 10.0. The highest BCUT2D eigenvalue weighted by Crippen LogP contribution is 2.28. The molecular weight excluding hydrogens is 328 g/mol. The average Bonchev–Trinajstić information content (AvgIpc) is 3.25. The minimum atomic E-state index is -0.532. The van der Waals surface area contributed by atoms with E-state index < -0.39 is 6.10 Å². The van der Waals surface area contributed by atoms with Crippen molar-refractivity contribution in [3.63, 3.8) is 0 Å². The topological polar surface area (TPSA) is 80.0 Å². The number of aryl methyl sites for hydroxylation is 1. The minimum absolute atomic E-state index is 0.167. The summed E-state index contributed by atoms with van der Waals surface area (Å²) in [5, 5.41) is 15.3. The van der Waals surface area contributed by atoms with Gasteiger partial charge in [-0.3, -0.25) is 9.78 Å². The summed E-state index contributed by atoms with van der Waals surface area (Å²) in [6, 6.07) is 7.50. The van der Waals surface area contributed by atoms with Crippen LogP contribution in [0, 0.1) is 12.8 Å². The Hall–Kier alpha value is -2.73. The average molecular weight is 350 g/mol. The molecule has 1 aliphatic carbocycles. The lowest BCUT2D eigenvalue weighted by Crippen LogP contribution is -2.40. The molecule has 1 aliphatic rings. The first-order chi connectivity index (χ1) is 12.6. The Labute approximate surface area is 151 Å². The number of aromatic nitrogens is 3. The fourth-order valence-electron chi connectivity index (χ4n) is 3.91. The van der Waals surface area contributed by atoms with E-state index in [1.165, 1.54) is 0 Å². The number of carbonyl (C=O) groups is 1. The van der Waals surface area contributed by atoms with Crippen LogP contribution in [0.1, 0.15) is 28.9 Å². The van der Waals surface area contributed by atoms with Crippen LogP contribution in [-0.2, 0) is 6.54 Å². The molecule has 0 aliphatic heterocycles. The molecule has 0 radical (unpaired) electrons. The van der Waals surface area contributed by atoms with Crippen molar-refractivity contribution in [2.24, 2.45) is 5.92 Å². The monoisotopic (exact) mass is 350 g/mol. The Bertz CT molecular complexity index is 923. The Kier molecular flexibility index (Phi) is 4.42. The zero-order valence-corrected chi connectivity index (χ0v) is 14.7. The molecule has 1 amide bonds. The second kappa shape index (κ2) is 6.88. The van der Waals surface area contributed by atoms with E-state index in [4.69, 9.17) is 0 Å². The summed E-state index contributed by atoms with van der Waals surface area (Å²) in [4.78, 5) is 21.3. The summed E-state index contributed by atoms with van der Waals surface area (Å²) in [5.74, 6) is 0.148. The van der Waals surface area contributed by atoms with Gasteiger partial charge in [-0.2, -0.15) is 0 Å². The molecule has 0 saturated heterocycles. The van der Waals surface area contributed by atoms with E-state index in [1.54, 1.807) is 18.7 Å². The van der Waals surface area contributed by atoms with Crippen molar-refractivity contribution >= 4 is 16.7 Å². The van der Waals surface area contributed by atoms with Crippen LogP contribution < -0.4 is 5.32 Å². The Morgan fingerprint density at radius 1 is 1.35 bits per heavy atom. The lowest BCUT2D eigenvalue weighted by Gasteiger charge is -2.18. The van der Waals surface area contributed by atoms with Crippen LogP contribution in [0.5, 0.6) is 0 Å². The van der Waals surface area contributed by atoms with Crippen molar-refractivity contribution in [3.05, 3.63) is 60.4 Å². The van der Waals surface area contributed by atoms with E-state index in [-0.39, 0.29) is 11.9 Å². The summed E-state index contributed by atoms with van der Waals surface area (Å²) in [6.45, 7) is 2.65. The maximum atomic E-state index is 12.9. The number of nitrogens with zero attached hydrogens (tertiary/aromatic N) is 3. The van der Waals surface area contributed by atoms with Crippen molar-refractivity contribution < 1.29 is 9.90 Å². The number of rotatable bonds is 4. The molecule has 3 atom stereocenters. The van der Waals surface area contributed by atoms with Crippen molar-refractivity contribution in [2.75, 3.05) is 0 Å². The summed E-state index contributed by atoms with van der Waals surface area (Å²) < 4.78 is 2.01. The molecular formula is C20H22N4O2. The van der Waals surface area contributed by atoms with Crippen LogP contribution >= 0.6 is 0 Å². The van der Waals surface area contributed by atoms with Gasteiger partial charge in [0.15, 0.2) is 0 Å². The number of nitrogens with one attached hydrogen (secondary N) is 1. The van der Waals surface area contributed by atoms with Crippen molar-refractivity contribution in [2.45, 2.75) is 38.5 Å². The molecule has 0 spiro atoms. The van der Waals surface area contributed by atoms with Crippen LogP contribution in [0.15, 0.2) is 49.2 Å². The molecule has 2 heterocycles. The second-order valence-electron chi connectivity index (χ2n) is 7.05. The van der Waals surface area contributed by atoms with Gasteiger partial charge >= 0.3 is 0 Å². The van der Waals surface area contributed by atoms with E-state index in [0.717, 1.165) is 23.7 Å². The molecule has 4 rings (SSSR count). The fraction of sp³-hybridized carbons (Fsp3) is 0.350. The van der Waals surface area contributed by atoms with Crippen LogP contribution in [-0.4, -0.2) is 37.7 Å². The first-order valence-corrected chi connectivity index (χ1v) is 8.91. The molecule has 6 heteroatoms. The molecule has 1 unspecified atom stereocenters. The number of hydrogen-bond donors (Lipinski definition) is 2.